The summed E-state index contributed by atoms with van der Waals surface area (Å²) in [4.78, 5) is 11.2. The van der Waals surface area contributed by atoms with E-state index in [1.807, 2.05) is 19.9 Å². The van der Waals surface area contributed by atoms with Gasteiger partial charge in [-0.15, -0.1) is 0 Å². The van der Waals surface area contributed by atoms with E-state index in [1.165, 1.54) is 5.69 Å². The zero-order chi connectivity index (χ0) is 13.9. The fourth-order valence-corrected chi connectivity index (χ4v) is 2.72. The molecule has 1 fully saturated rings. The van der Waals surface area contributed by atoms with Gasteiger partial charge in [-0.1, -0.05) is 18.2 Å². The quantitative estimate of drug-likeness (QED) is 0.929. The van der Waals surface area contributed by atoms with Gasteiger partial charge < -0.3 is 10.2 Å². The molecule has 1 saturated heterocycles. The van der Waals surface area contributed by atoms with Crippen LogP contribution in [0.25, 0.3) is 0 Å². The lowest BCUT2D eigenvalue weighted by Gasteiger charge is -2.19. The largest absolute Gasteiger partial charge is 0.380 e. The first kappa shape index (κ1) is 12.9. The third kappa shape index (κ3) is 2.90. The summed E-state index contributed by atoms with van der Waals surface area (Å²) >= 11 is 0. The van der Waals surface area contributed by atoms with E-state index in [0.29, 0.717) is 6.04 Å². The number of nitrogens with zero attached hydrogens (tertiary/aromatic N) is 3. The van der Waals surface area contributed by atoms with Crippen LogP contribution in [0.1, 0.15) is 17.9 Å². The molecule has 1 aliphatic rings. The number of rotatable bonds is 3. The van der Waals surface area contributed by atoms with Crippen molar-refractivity contribution in [1.29, 1.82) is 0 Å². The average molecular weight is 268 g/mol. The lowest BCUT2D eigenvalue weighted by molar-refractivity contribution is 0.805. The summed E-state index contributed by atoms with van der Waals surface area (Å²) in [6.45, 7) is 6.01. The molecule has 1 aliphatic heterocycles. The van der Waals surface area contributed by atoms with Gasteiger partial charge in [-0.05, 0) is 32.4 Å². The number of aryl methyl sites for hydroxylation is 2. The Morgan fingerprint density at radius 2 is 1.95 bits per heavy atom. The van der Waals surface area contributed by atoms with E-state index >= 15 is 0 Å². The second kappa shape index (κ2) is 5.49. The van der Waals surface area contributed by atoms with Crippen LogP contribution in [0.15, 0.2) is 36.4 Å². The molecule has 4 nitrogen and oxygen atoms in total. The van der Waals surface area contributed by atoms with E-state index < -0.39 is 0 Å². The van der Waals surface area contributed by atoms with Gasteiger partial charge >= 0.3 is 0 Å². The molecule has 104 valence electrons. The van der Waals surface area contributed by atoms with Crippen LogP contribution in [0, 0.1) is 13.8 Å². The summed E-state index contributed by atoms with van der Waals surface area (Å²) in [6.07, 6.45) is 1.14. The fraction of sp³-hybridized carbons (Fsp3) is 0.375. The van der Waals surface area contributed by atoms with Crippen molar-refractivity contribution < 1.29 is 0 Å². The summed E-state index contributed by atoms with van der Waals surface area (Å²) in [5.74, 6) is 1.90. The zero-order valence-corrected chi connectivity index (χ0v) is 12.0. The SMILES string of the molecule is Cc1cc(N2CC[C@@H](Nc3ccccc3)C2)nc(C)n1. The van der Waals surface area contributed by atoms with E-state index in [1.54, 1.807) is 0 Å². The summed E-state index contributed by atoms with van der Waals surface area (Å²) in [7, 11) is 0. The third-order valence-corrected chi connectivity index (χ3v) is 3.61. The molecule has 2 heterocycles. The number of nitrogens with one attached hydrogen (secondary N) is 1. The molecule has 0 radical (unpaired) electrons. The van der Waals surface area contributed by atoms with Gasteiger partial charge in [0.2, 0.25) is 0 Å². The Morgan fingerprint density at radius 3 is 2.70 bits per heavy atom. The maximum Gasteiger partial charge on any atom is 0.132 e. The molecule has 1 aromatic heterocycles. The highest BCUT2D eigenvalue weighted by Crippen LogP contribution is 2.21. The summed E-state index contributed by atoms with van der Waals surface area (Å²) in [5, 5.41) is 3.58. The predicted molar refractivity (Wildman–Crippen MR) is 82.2 cm³/mol. The van der Waals surface area contributed by atoms with Crippen molar-refractivity contribution in [2.75, 3.05) is 23.3 Å². The van der Waals surface area contributed by atoms with Crippen LogP contribution in [0.2, 0.25) is 0 Å². The van der Waals surface area contributed by atoms with Crippen LogP contribution in [0.3, 0.4) is 0 Å². The molecule has 1 N–H and O–H groups in total. The molecular weight excluding hydrogens is 248 g/mol. The molecule has 3 rings (SSSR count). The monoisotopic (exact) mass is 268 g/mol. The smallest absolute Gasteiger partial charge is 0.132 e. The van der Waals surface area contributed by atoms with Crippen LogP contribution >= 0.6 is 0 Å². The molecule has 1 atom stereocenters. The summed E-state index contributed by atoms with van der Waals surface area (Å²) in [6, 6.07) is 12.9. The highest BCUT2D eigenvalue weighted by molar-refractivity contribution is 5.47. The average Bonchev–Trinajstić information content (AvgIpc) is 2.87. The second-order valence-corrected chi connectivity index (χ2v) is 5.36. The summed E-state index contributed by atoms with van der Waals surface area (Å²) in [5.41, 5.74) is 2.22. The Morgan fingerprint density at radius 1 is 1.15 bits per heavy atom. The lowest BCUT2D eigenvalue weighted by atomic mass is 10.2. The Hall–Kier alpha value is -2.10. The Balaban J connectivity index is 1.67. The molecule has 0 unspecified atom stereocenters. The lowest BCUT2D eigenvalue weighted by Crippen LogP contribution is -2.26. The van der Waals surface area contributed by atoms with Crippen molar-refractivity contribution in [3.63, 3.8) is 0 Å². The van der Waals surface area contributed by atoms with Crippen molar-refractivity contribution in [1.82, 2.24) is 9.97 Å². The van der Waals surface area contributed by atoms with Crippen LogP contribution in [0.5, 0.6) is 0 Å². The van der Waals surface area contributed by atoms with Crippen molar-refractivity contribution in [2.24, 2.45) is 0 Å². The van der Waals surface area contributed by atoms with Crippen molar-refractivity contribution in [2.45, 2.75) is 26.3 Å². The molecule has 0 saturated carbocycles. The number of anilines is 2. The first-order valence-corrected chi connectivity index (χ1v) is 7.09. The van der Waals surface area contributed by atoms with Gasteiger partial charge in [0.1, 0.15) is 11.6 Å². The number of hydrogen-bond acceptors (Lipinski definition) is 4. The van der Waals surface area contributed by atoms with E-state index in [9.17, 15) is 0 Å². The molecular formula is C16H20N4. The van der Waals surface area contributed by atoms with Crippen LogP contribution < -0.4 is 10.2 Å². The maximum absolute atomic E-state index is 4.54. The number of benzene rings is 1. The molecule has 0 amide bonds. The van der Waals surface area contributed by atoms with Gasteiger partial charge in [0.15, 0.2) is 0 Å². The van der Waals surface area contributed by atoms with Gasteiger partial charge in [-0.2, -0.15) is 0 Å². The highest BCUT2D eigenvalue weighted by Gasteiger charge is 2.23. The first-order chi connectivity index (χ1) is 9.70. The van der Waals surface area contributed by atoms with Gasteiger partial charge in [-0.25, -0.2) is 9.97 Å². The molecule has 0 bridgehead atoms. The minimum atomic E-state index is 0.480. The zero-order valence-electron chi connectivity index (χ0n) is 12.0. The Bertz CT molecular complexity index is 562. The van der Waals surface area contributed by atoms with E-state index in [4.69, 9.17) is 0 Å². The Labute approximate surface area is 119 Å². The van der Waals surface area contributed by atoms with Crippen LogP contribution in [0.4, 0.5) is 11.5 Å². The minimum Gasteiger partial charge on any atom is -0.380 e. The topological polar surface area (TPSA) is 41.0 Å². The maximum atomic E-state index is 4.54. The highest BCUT2D eigenvalue weighted by atomic mass is 15.2. The van der Waals surface area contributed by atoms with E-state index in [-0.39, 0.29) is 0 Å². The van der Waals surface area contributed by atoms with Crippen molar-refractivity contribution in [3.05, 3.63) is 47.9 Å². The summed E-state index contributed by atoms with van der Waals surface area (Å²) < 4.78 is 0. The number of aromatic nitrogens is 2. The predicted octanol–water partition coefficient (Wildman–Crippen LogP) is 2.78. The molecule has 4 heteroatoms. The number of hydrogen-bond donors (Lipinski definition) is 1. The van der Waals surface area contributed by atoms with Crippen LogP contribution in [-0.2, 0) is 0 Å². The van der Waals surface area contributed by atoms with Gasteiger partial charge in [-0.3, -0.25) is 0 Å². The normalized spacial score (nSPS) is 18.3. The van der Waals surface area contributed by atoms with Gasteiger partial charge in [0.05, 0.1) is 0 Å². The van der Waals surface area contributed by atoms with Crippen molar-refractivity contribution >= 4 is 11.5 Å². The van der Waals surface area contributed by atoms with E-state index in [2.05, 4.69) is 50.5 Å². The molecule has 0 aliphatic carbocycles. The standard InChI is InChI=1S/C16H20N4/c1-12-10-16(18-13(2)17-12)20-9-8-15(11-20)19-14-6-4-3-5-7-14/h3-7,10,15,19H,8-9,11H2,1-2H3/t15-/m1/s1. The molecule has 20 heavy (non-hydrogen) atoms. The molecule has 2 aromatic rings. The Kier molecular flexibility index (Phi) is 3.54. The second-order valence-electron chi connectivity index (χ2n) is 5.36. The van der Waals surface area contributed by atoms with Gasteiger partial charge in [0, 0.05) is 36.6 Å². The van der Waals surface area contributed by atoms with Crippen LogP contribution in [-0.4, -0.2) is 29.1 Å². The third-order valence-electron chi connectivity index (χ3n) is 3.61. The molecule has 0 spiro atoms. The van der Waals surface area contributed by atoms with E-state index in [0.717, 1.165) is 36.8 Å². The minimum absolute atomic E-state index is 0.480. The van der Waals surface area contributed by atoms with Crippen molar-refractivity contribution in [3.8, 4) is 0 Å². The first-order valence-electron chi connectivity index (χ1n) is 7.09. The van der Waals surface area contributed by atoms with Gasteiger partial charge in [0.25, 0.3) is 0 Å². The number of para-hydroxylation sites is 1. The fourth-order valence-electron chi connectivity index (χ4n) is 2.72. The molecule has 1 aromatic carbocycles.